The number of ether oxygens (including phenoxy) is 2. The first-order chi connectivity index (χ1) is 14.7. The molecule has 0 aliphatic carbocycles. The molecule has 1 aliphatic rings. The third kappa shape index (κ3) is 3.59. The van der Waals surface area contributed by atoms with Gasteiger partial charge in [0.1, 0.15) is 6.61 Å². The molecule has 0 N–H and O–H groups in total. The van der Waals surface area contributed by atoms with Crippen molar-refractivity contribution >= 4 is 33.5 Å². The van der Waals surface area contributed by atoms with Gasteiger partial charge in [0.2, 0.25) is 0 Å². The van der Waals surface area contributed by atoms with Crippen LogP contribution in [-0.4, -0.2) is 7.11 Å². The molecule has 0 unspecified atom stereocenters. The van der Waals surface area contributed by atoms with Crippen molar-refractivity contribution in [2.75, 3.05) is 7.11 Å². The maximum Gasteiger partial charge on any atom is 0.162 e. The Hall–Kier alpha value is -2.44. The molecule has 1 aliphatic heterocycles. The minimum Gasteiger partial charge on any atom is -0.493 e. The van der Waals surface area contributed by atoms with Crippen LogP contribution < -0.4 is 9.47 Å². The van der Waals surface area contributed by atoms with Gasteiger partial charge in [-0.05, 0) is 86.6 Å². The summed E-state index contributed by atoms with van der Waals surface area (Å²) in [6.07, 6.45) is 0. The van der Waals surface area contributed by atoms with Gasteiger partial charge < -0.3 is 9.47 Å². The lowest BCUT2D eigenvalue weighted by Gasteiger charge is -2.21. The molecule has 0 bridgehead atoms. The Balaban J connectivity index is 1.52. The second-order valence-corrected chi connectivity index (χ2v) is 10.5. The zero-order valence-electron chi connectivity index (χ0n) is 16.5. The maximum atomic E-state index is 6.21. The molecular formula is C26H21IO2S. The smallest absolute Gasteiger partial charge is 0.162 e. The first kappa shape index (κ1) is 19.5. The van der Waals surface area contributed by atoms with Crippen LogP contribution in [0.4, 0.5) is 0 Å². The molecule has 0 aromatic heterocycles. The van der Waals surface area contributed by atoms with E-state index in [1.807, 2.05) is 6.07 Å². The first-order valence-electron chi connectivity index (χ1n) is 9.78. The summed E-state index contributed by atoms with van der Waals surface area (Å²) >= 11 is 2.32. The molecule has 0 fully saturated rings. The van der Waals surface area contributed by atoms with Gasteiger partial charge in [0.15, 0.2) is 11.5 Å². The van der Waals surface area contributed by atoms with E-state index in [-0.39, 0.29) is 0 Å². The lowest BCUT2D eigenvalue weighted by atomic mass is 10.1. The van der Waals surface area contributed by atoms with Gasteiger partial charge >= 0.3 is 0 Å². The highest BCUT2D eigenvalue weighted by Gasteiger charge is 2.27. The van der Waals surface area contributed by atoms with Gasteiger partial charge in [-0.25, -0.2) is 0 Å². The van der Waals surface area contributed by atoms with Crippen molar-refractivity contribution in [2.45, 2.75) is 21.3 Å². The number of fused-ring (bicyclic) bond motifs is 3. The zero-order valence-corrected chi connectivity index (χ0v) is 19.6. The topological polar surface area (TPSA) is 18.5 Å². The highest BCUT2D eigenvalue weighted by Crippen LogP contribution is 2.62. The van der Waals surface area contributed by atoms with Gasteiger partial charge in [0.05, 0.1) is 7.11 Å². The Labute approximate surface area is 193 Å². The van der Waals surface area contributed by atoms with Gasteiger partial charge in [-0.2, -0.15) is 10.9 Å². The molecule has 0 spiro atoms. The summed E-state index contributed by atoms with van der Waals surface area (Å²) in [4.78, 5) is 4.09. The van der Waals surface area contributed by atoms with Crippen molar-refractivity contribution in [3.05, 3.63) is 100 Å². The fourth-order valence-corrected chi connectivity index (χ4v) is 6.85. The highest BCUT2D eigenvalue weighted by atomic mass is 127. The van der Waals surface area contributed by atoms with Crippen molar-refractivity contribution in [2.24, 2.45) is 0 Å². The number of rotatable bonds is 5. The molecule has 4 aromatic rings. The average molecular weight is 524 g/mol. The Morgan fingerprint density at radius 3 is 2.00 bits per heavy atom. The fourth-order valence-electron chi connectivity index (χ4n) is 3.86. The van der Waals surface area contributed by atoms with Gasteiger partial charge in [-0.1, -0.05) is 48.5 Å². The van der Waals surface area contributed by atoms with Crippen molar-refractivity contribution in [3.63, 3.8) is 0 Å². The monoisotopic (exact) mass is 524 g/mol. The minimum atomic E-state index is -0.611. The van der Waals surface area contributed by atoms with Crippen LogP contribution in [0.1, 0.15) is 5.56 Å². The summed E-state index contributed by atoms with van der Waals surface area (Å²) in [5.74, 6) is 1.55. The molecule has 30 heavy (non-hydrogen) atoms. The average Bonchev–Trinajstić information content (AvgIpc) is 3.13. The molecule has 4 aromatic carbocycles. The SMILES string of the molecule is COc1ccc([SH]2c3ccccc3-c3ccccc32)cc1OCc1ccc(I)cc1. The summed E-state index contributed by atoms with van der Waals surface area (Å²) in [5, 5.41) is 0. The van der Waals surface area contributed by atoms with Crippen molar-refractivity contribution < 1.29 is 9.47 Å². The molecule has 1 heterocycles. The Morgan fingerprint density at radius 1 is 0.733 bits per heavy atom. The largest absolute Gasteiger partial charge is 0.493 e. The van der Waals surface area contributed by atoms with Crippen LogP contribution in [0.3, 0.4) is 0 Å². The van der Waals surface area contributed by atoms with Gasteiger partial charge in [-0.15, -0.1) is 0 Å². The van der Waals surface area contributed by atoms with Crippen LogP contribution in [0.25, 0.3) is 11.1 Å². The lowest BCUT2D eigenvalue weighted by Crippen LogP contribution is -1.98. The predicted molar refractivity (Wildman–Crippen MR) is 132 cm³/mol. The number of halogens is 1. The Morgan fingerprint density at radius 2 is 1.37 bits per heavy atom. The Bertz CT molecular complexity index is 1160. The molecule has 0 atom stereocenters. The number of hydrogen-bond acceptors (Lipinski definition) is 2. The van der Waals surface area contributed by atoms with E-state index in [2.05, 4.69) is 108 Å². The third-order valence-electron chi connectivity index (χ3n) is 5.29. The number of hydrogen-bond donors (Lipinski definition) is 1. The molecule has 0 saturated heterocycles. The predicted octanol–water partition coefficient (Wildman–Crippen LogP) is 7.34. The van der Waals surface area contributed by atoms with E-state index in [1.165, 1.54) is 29.4 Å². The second kappa shape index (κ2) is 8.36. The van der Waals surface area contributed by atoms with Gasteiger partial charge in [0.25, 0.3) is 0 Å². The quantitative estimate of drug-likeness (QED) is 0.192. The van der Waals surface area contributed by atoms with Crippen LogP contribution in [0.2, 0.25) is 0 Å². The molecule has 0 radical (unpaired) electrons. The standard InChI is InChI=1S/C26H21IO2S/c1-28-23-15-14-20(16-24(23)29-17-18-10-12-19(27)13-11-18)30-25-8-4-2-6-21(25)22-7-3-5-9-26(22)30/h2-16,30H,17H2,1H3. The van der Waals surface area contributed by atoms with E-state index >= 15 is 0 Å². The summed E-state index contributed by atoms with van der Waals surface area (Å²) < 4.78 is 13.0. The van der Waals surface area contributed by atoms with Crippen LogP contribution >= 0.6 is 33.5 Å². The van der Waals surface area contributed by atoms with Crippen LogP contribution in [0, 0.1) is 3.57 Å². The first-order valence-corrected chi connectivity index (χ1v) is 12.2. The second-order valence-electron chi connectivity index (χ2n) is 7.12. The number of benzene rings is 4. The molecule has 0 amide bonds. The van der Waals surface area contributed by atoms with Crippen LogP contribution in [0.15, 0.2) is 106 Å². The van der Waals surface area contributed by atoms with Gasteiger partial charge in [-0.3, -0.25) is 0 Å². The van der Waals surface area contributed by atoms with E-state index in [9.17, 15) is 0 Å². The van der Waals surface area contributed by atoms with Gasteiger partial charge in [0, 0.05) is 13.4 Å². The van der Waals surface area contributed by atoms with E-state index in [0.717, 1.165) is 17.1 Å². The zero-order chi connectivity index (χ0) is 20.5. The van der Waals surface area contributed by atoms with Crippen LogP contribution in [0.5, 0.6) is 11.5 Å². The number of methoxy groups -OCH3 is 1. The highest BCUT2D eigenvalue weighted by molar-refractivity contribution is 14.1. The maximum absolute atomic E-state index is 6.21. The van der Waals surface area contributed by atoms with Crippen LogP contribution in [-0.2, 0) is 6.61 Å². The number of thiol groups is 1. The van der Waals surface area contributed by atoms with Crippen molar-refractivity contribution in [1.82, 2.24) is 0 Å². The van der Waals surface area contributed by atoms with Crippen molar-refractivity contribution in [1.29, 1.82) is 0 Å². The summed E-state index contributed by atoms with van der Waals surface area (Å²) in [7, 11) is 1.08. The molecule has 5 rings (SSSR count). The third-order valence-corrected chi connectivity index (χ3v) is 8.55. The van der Waals surface area contributed by atoms with Crippen molar-refractivity contribution in [3.8, 4) is 22.6 Å². The fraction of sp³-hybridized carbons (Fsp3) is 0.0769. The minimum absolute atomic E-state index is 0.516. The molecular weight excluding hydrogens is 503 g/mol. The van der Waals surface area contributed by atoms with E-state index in [0.29, 0.717) is 6.61 Å². The van der Waals surface area contributed by atoms with E-state index < -0.39 is 10.9 Å². The molecule has 2 nitrogen and oxygen atoms in total. The summed E-state index contributed by atoms with van der Waals surface area (Å²) in [6, 6.07) is 32.3. The summed E-state index contributed by atoms with van der Waals surface area (Å²) in [5.41, 5.74) is 3.83. The molecule has 0 saturated carbocycles. The van der Waals surface area contributed by atoms with E-state index in [1.54, 1.807) is 7.11 Å². The lowest BCUT2D eigenvalue weighted by molar-refractivity contribution is 0.283. The summed E-state index contributed by atoms with van der Waals surface area (Å²) in [6.45, 7) is 0.516. The normalized spacial score (nSPS) is 12.9. The van der Waals surface area contributed by atoms with E-state index in [4.69, 9.17) is 9.47 Å². The molecule has 4 heteroatoms. The molecule has 150 valence electrons. The Kier molecular flexibility index (Phi) is 5.44.